The molecule has 6 nitrogen and oxygen atoms in total. The Balaban J connectivity index is 2.06. The topological polar surface area (TPSA) is 103 Å². The molecule has 9 heteroatoms. The van der Waals surface area contributed by atoms with E-state index < -0.39 is 23.0 Å². The van der Waals surface area contributed by atoms with Crippen LogP contribution in [0.25, 0.3) is 11.5 Å². The molecule has 1 atom stereocenters. The second-order valence-electron chi connectivity index (χ2n) is 6.61. The normalized spacial score (nSPS) is 13.4. The number of hydrogen-bond acceptors (Lipinski definition) is 6. The van der Waals surface area contributed by atoms with Crippen molar-refractivity contribution in [2.24, 2.45) is 11.5 Å². The molecule has 0 saturated carbocycles. The summed E-state index contributed by atoms with van der Waals surface area (Å²) >= 11 is 0. The minimum Gasteiger partial charge on any atom is -0.419 e. The highest BCUT2D eigenvalue weighted by Crippen LogP contribution is 2.35. The van der Waals surface area contributed by atoms with Crippen LogP contribution in [0.15, 0.2) is 34.7 Å². The van der Waals surface area contributed by atoms with Crippen LogP contribution in [0, 0.1) is 17.5 Å². The zero-order valence-electron chi connectivity index (χ0n) is 15.4. The van der Waals surface area contributed by atoms with Gasteiger partial charge in [-0.25, -0.2) is 13.2 Å². The van der Waals surface area contributed by atoms with Gasteiger partial charge < -0.3 is 21.2 Å². The molecule has 1 unspecified atom stereocenters. The standard InChI is InChI=1S/C19H20F3N5O/c1-3-10-4-7-14(13(21)8-10)25-16-11(5-6-12(20)15(16)22)17-26-27-18(28-17)19(2,24)9-23/h4-8,25H,3,9,23-24H2,1-2H3. The largest absolute Gasteiger partial charge is 0.419 e. The van der Waals surface area contributed by atoms with Crippen molar-refractivity contribution in [2.45, 2.75) is 25.8 Å². The van der Waals surface area contributed by atoms with Crippen molar-refractivity contribution in [3.8, 4) is 11.5 Å². The van der Waals surface area contributed by atoms with Crippen molar-refractivity contribution in [1.29, 1.82) is 0 Å². The van der Waals surface area contributed by atoms with E-state index in [0.29, 0.717) is 6.42 Å². The molecule has 1 heterocycles. The maximum Gasteiger partial charge on any atom is 0.250 e. The van der Waals surface area contributed by atoms with E-state index in [-0.39, 0.29) is 35.3 Å². The van der Waals surface area contributed by atoms with Gasteiger partial charge in [0.2, 0.25) is 11.8 Å². The predicted molar refractivity (Wildman–Crippen MR) is 99.3 cm³/mol. The van der Waals surface area contributed by atoms with Crippen molar-refractivity contribution in [2.75, 3.05) is 11.9 Å². The second kappa shape index (κ2) is 7.61. The number of aromatic nitrogens is 2. The van der Waals surface area contributed by atoms with Crippen molar-refractivity contribution in [1.82, 2.24) is 10.2 Å². The Morgan fingerprint density at radius 2 is 1.86 bits per heavy atom. The summed E-state index contributed by atoms with van der Waals surface area (Å²) in [6, 6.07) is 6.64. The molecular formula is C19H20F3N5O. The Labute approximate surface area is 159 Å². The van der Waals surface area contributed by atoms with Crippen LogP contribution in [0.5, 0.6) is 0 Å². The molecule has 0 aliphatic rings. The number of rotatable bonds is 6. The first-order chi connectivity index (χ1) is 13.3. The number of nitrogens with zero attached hydrogens (tertiary/aromatic N) is 2. The fourth-order valence-corrected chi connectivity index (χ4v) is 2.52. The molecule has 0 radical (unpaired) electrons. The van der Waals surface area contributed by atoms with E-state index in [4.69, 9.17) is 15.9 Å². The second-order valence-corrected chi connectivity index (χ2v) is 6.61. The molecule has 3 rings (SSSR count). The van der Waals surface area contributed by atoms with Gasteiger partial charge >= 0.3 is 0 Å². The van der Waals surface area contributed by atoms with Gasteiger partial charge in [-0.3, -0.25) is 0 Å². The Morgan fingerprint density at radius 1 is 1.11 bits per heavy atom. The molecule has 5 N–H and O–H groups in total. The number of nitrogens with one attached hydrogen (secondary N) is 1. The minimum absolute atomic E-state index is 0.0201. The summed E-state index contributed by atoms with van der Waals surface area (Å²) in [4.78, 5) is 0. The molecule has 0 bridgehead atoms. The molecule has 0 aliphatic heterocycles. The summed E-state index contributed by atoms with van der Waals surface area (Å²) < 4.78 is 48.2. The first kappa shape index (κ1) is 19.8. The molecule has 0 aliphatic carbocycles. The third-order valence-corrected chi connectivity index (χ3v) is 4.36. The third-order valence-electron chi connectivity index (χ3n) is 4.36. The van der Waals surface area contributed by atoms with Crippen LogP contribution in [0.1, 0.15) is 25.3 Å². The van der Waals surface area contributed by atoms with Crippen LogP contribution in [0.2, 0.25) is 0 Å². The summed E-state index contributed by atoms with van der Waals surface area (Å²) in [5.41, 5.74) is 11.0. The molecule has 1 aromatic heterocycles. The number of nitrogens with two attached hydrogens (primary N) is 2. The van der Waals surface area contributed by atoms with Crippen molar-refractivity contribution in [3.05, 3.63) is 59.2 Å². The number of anilines is 2. The maximum atomic E-state index is 14.5. The zero-order chi connectivity index (χ0) is 20.5. The van der Waals surface area contributed by atoms with Gasteiger partial charge in [0.1, 0.15) is 11.4 Å². The Bertz CT molecular complexity index is 1000. The molecule has 0 fully saturated rings. The first-order valence-corrected chi connectivity index (χ1v) is 8.63. The predicted octanol–water partition coefficient (Wildman–Crippen LogP) is 3.59. The summed E-state index contributed by atoms with van der Waals surface area (Å²) in [5, 5.41) is 10.3. The van der Waals surface area contributed by atoms with E-state index in [1.807, 2.05) is 6.92 Å². The molecule has 3 aromatic rings. The average Bonchev–Trinajstić information content (AvgIpc) is 3.17. The van der Waals surface area contributed by atoms with Crippen LogP contribution in [-0.2, 0) is 12.0 Å². The highest BCUT2D eigenvalue weighted by molar-refractivity contribution is 5.77. The summed E-state index contributed by atoms with van der Waals surface area (Å²) in [5.74, 6) is -2.98. The highest BCUT2D eigenvalue weighted by atomic mass is 19.2. The van der Waals surface area contributed by atoms with Gasteiger partial charge in [-0.15, -0.1) is 10.2 Å². The van der Waals surface area contributed by atoms with Crippen LogP contribution in [0.3, 0.4) is 0 Å². The van der Waals surface area contributed by atoms with Crippen LogP contribution >= 0.6 is 0 Å². The van der Waals surface area contributed by atoms with Crippen LogP contribution in [0.4, 0.5) is 24.5 Å². The molecule has 28 heavy (non-hydrogen) atoms. The maximum absolute atomic E-state index is 14.5. The number of aryl methyl sites for hydroxylation is 1. The van der Waals surface area contributed by atoms with Gasteiger partial charge in [-0.1, -0.05) is 13.0 Å². The molecule has 2 aromatic carbocycles. The van der Waals surface area contributed by atoms with E-state index in [1.165, 1.54) is 18.2 Å². The lowest BCUT2D eigenvalue weighted by Gasteiger charge is -2.16. The summed E-state index contributed by atoms with van der Waals surface area (Å²) in [7, 11) is 0. The van der Waals surface area contributed by atoms with Crippen molar-refractivity contribution in [3.63, 3.8) is 0 Å². The fraction of sp³-hybridized carbons (Fsp3) is 0.263. The molecule has 148 valence electrons. The van der Waals surface area contributed by atoms with Gasteiger partial charge in [0, 0.05) is 6.54 Å². The van der Waals surface area contributed by atoms with Crippen molar-refractivity contribution < 1.29 is 17.6 Å². The van der Waals surface area contributed by atoms with Crippen molar-refractivity contribution >= 4 is 11.4 Å². The first-order valence-electron chi connectivity index (χ1n) is 8.63. The summed E-state index contributed by atoms with van der Waals surface area (Å²) in [6.07, 6.45) is 0.639. The van der Waals surface area contributed by atoms with Gasteiger partial charge in [0.15, 0.2) is 11.6 Å². The summed E-state index contributed by atoms with van der Waals surface area (Å²) in [6.45, 7) is 3.51. The average molecular weight is 391 g/mol. The number of halogens is 3. The van der Waals surface area contributed by atoms with E-state index in [1.54, 1.807) is 13.0 Å². The van der Waals surface area contributed by atoms with Gasteiger partial charge in [0.25, 0.3) is 0 Å². The Morgan fingerprint density at radius 3 is 2.50 bits per heavy atom. The van der Waals surface area contributed by atoms with Crippen LogP contribution < -0.4 is 16.8 Å². The monoisotopic (exact) mass is 391 g/mol. The molecule has 0 spiro atoms. The zero-order valence-corrected chi connectivity index (χ0v) is 15.4. The van der Waals surface area contributed by atoms with Gasteiger partial charge in [-0.05, 0) is 43.2 Å². The highest BCUT2D eigenvalue weighted by Gasteiger charge is 2.28. The minimum atomic E-state index is -1.20. The lowest BCUT2D eigenvalue weighted by Crippen LogP contribution is -2.41. The fourth-order valence-electron chi connectivity index (χ4n) is 2.52. The van der Waals surface area contributed by atoms with Gasteiger partial charge in [-0.2, -0.15) is 0 Å². The van der Waals surface area contributed by atoms with Gasteiger partial charge in [0.05, 0.1) is 16.9 Å². The quantitative estimate of drug-likeness (QED) is 0.593. The van der Waals surface area contributed by atoms with Crippen LogP contribution in [-0.4, -0.2) is 16.7 Å². The lowest BCUT2D eigenvalue weighted by atomic mass is 10.1. The number of hydrogen-bond donors (Lipinski definition) is 3. The lowest BCUT2D eigenvalue weighted by molar-refractivity contribution is 0.365. The van der Waals surface area contributed by atoms with E-state index in [9.17, 15) is 13.2 Å². The van der Waals surface area contributed by atoms with E-state index in [2.05, 4.69) is 15.5 Å². The number of benzene rings is 2. The molecule has 0 amide bonds. The van der Waals surface area contributed by atoms with E-state index >= 15 is 0 Å². The smallest absolute Gasteiger partial charge is 0.250 e. The molecular weight excluding hydrogens is 371 g/mol. The molecule has 0 saturated heterocycles. The van der Waals surface area contributed by atoms with E-state index in [0.717, 1.165) is 11.6 Å². The third kappa shape index (κ3) is 3.71. The Hall–Kier alpha value is -2.91. The SMILES string of the molecule is CCc1ccc(Nc2c(-c3nnc(C(C)(N)CN)o3)ccc(F)c2F)c(F)c1. The Kier molecular flexibility index (Phi) is 5.39.